The van der Waals surface area contributed by atoms with E-state index in [0.717, 1.165) is 5.75 Å². The quantitative estimate of drug-likeness (QED) is 0.833. The number of benzene rings is 1. The average molecular weight is 288 g/mol. The second-order valence-electron chi connectivity index (χ2n) is 6.67. The molecule has 0 spiro atoms. The number of nitrogens with zero attached hydrogens (tertiary/aromatic N) is 1. The summed E-state index contributed by atoms with van der Waals surface area (Å²) in [4.78, 5) is 1.24. The normalized spacial score (nSPS) is 18.4. The van der Waals surface area contributed by atoms with E-state index in [1.807, 2.05) is 7.05 Å². The minimum absolute atomic E-state index is 0.193. The number of rotatable bonds is 5. The Morgan fingerprint density at radius 1 is 1.25 bits per heavy atom. The Morgan fingerprint density at radius 3 is 2.25 bits per heavy atom. The van der Waals surface area contributed by atoms with Gasteiger partial charge in [-0.1, -0.05) is 32.9 Å². The summed E-state index contributed by atoms with van der Waals surface area (Å²) in [6.07, 6.45) is 2.36. The molecule has 1 aromatic carbocycles. The van der Waals surface area contributed by atoms with E-state index in [1.54, 1.807) is 11.8 Å². The van der Waals surface area contributed by atoms with Gasteiger partial charge in [0.15, 0.2) is 0 Å². The Kier molecular flexibility index (Phi) is 4.46. The van der Waals surface area contributed by atoms with E-state index in [0.29, 0.717) is 5.92 Å². The van der Waals surface area contributed by atoms with Crippen LogP contribution in [0, 0.1) is 17.2 Å². The third kappa shape index (κ3) is 3.37. The van der Waals surface area contributed by atoms with Gasteiger partial charge in [-0.2, -0.15) is 5.26 Å². The number of nitrogens with one attached hydrogen (secondary N) is 1. The van der Waals surface area contributed by atoms with Gasteiger partial charge in [-0.3, -0.25) is 0 Å². The molecule has 1 unspecified atom stereocenters. The Labute approximate surface area is 127 Å². The van der Waals surface area contributed by atoms with Gasteiger partial charge in [-0.05, 0) is 48.9 Å². The highest BCUT2D eigenvalue weighted by molar-refractivity contribution is 7.99. The van der Waals surface area contributed by atoms with Gasteiger partial charge >= 0.3 is 0 Å². The zero-order valence-corrected chi connectivity index (χ0v) is 13.7. The lowest BCUT2D eigenvalue weighted by molar-refractivity contribution is 0.441. The van der Waals surface area contributed by atoms with Crippen LogP contribution in [0.4, 0.5) is 0 Å². The summed E-state index contributed by atoms with van der Waals surface area (Å²) < 4.78 is 0. The van der Waals surface area contributed by atoms with Crippen LogP contribution in [0.1, 0.15) is 39.2 Å². The van der Waals surface area contributed by atoms with E-state index in [9.17, 15) is 5.26 Å². The molecule has 1 aliphatic rings. The van der Waals surface area contributed by atoms with E-state index in [1.165, 1.54) is 23.3 Å². The van der Waals surface area contributed by atoms with E-state index in [-0.39, 0.29) is 11.0 Å². The molecule has 1 atom stereocenters. The molecule has 0 radical (unpaired) electrons. The minimum Gasteiger partial charge on any atom is -0.302 e. The minimum atomic E-state index is -0.354. The average Bonchev–Trinajstić information content (AvgIpc) is 3.25. The zero-order valence-electron chi connectivity index (χ0n) is 12.9. The maximum atomic E-state index is 9.49. The molecule has 0 bridgehead atoms. The first-order valence-electron chi connectivity index (χ1n) is 7.25. The molecule has 1 aliphatic carbocycles. The third-order valence-electron chi connectivity index (χ3n) is 4.11. The van der Waals surface area contributed by atoms with Gasteiger partial charge < -0.3 is 5.32 Å². The maximum Gasteiger partial charge on any atom is 0.118 e. The van der Waals surface area contributed by atoms with Crippen LogP contribution >= 0.6 is 11.8 Å². The highest BCUT2D eigenvalue weighted by Gasteiger charge is 2.44. The largest absolute Gasteiger partial charge is 0.302 e. The number of thioether (sulfide) groups is 1. The van der Waals surface area contributed by atoms with Crippen LogP contribution in [0.15, 0.2) is 29.2 Å². The molecule has 0 amide bonds. The van der Waals surface area contributed by atoms with Gasteiger partial charge in [0, 0.05) is 10.6 Å². The van der Waals surface area contributed by atoms with Gasteiger partial charge in [0.1, 0.15) is 5.54 Å². The molecule has 1 aromatic rings. The predicted octanol–water partition coefficient (Wildman–Crippen LogP) is 3.97. The van der Waals surface area contributed by atoms with Crippen molar-refractivity contribution < 1.29 is 0 Å². The Bertz CT molecular complexity index is 491. The van der Waals surface area contributed by atoms with Crippen LogP contribution in [0.5, 0.6) is 0 Å². The van der Waals surface area contributed by atoms with Gasteiger partial charge in [-0.25, -0.2) is 0 Å². The Morgan fingerprint density at radius 2 is 1.85 bits per heavy atom. The molecule has 0 saturated heterocycles. The zero-order chi connectivity index (χ0) is 14.8. The van der Waals surface area contributed by atoms with Crippen LogP contribution in [0.2, 0.25) is 0 Å². The molecular weight excluding hydrogens is 264 g/mol. The molecule has 0 aromatic heterocycles. The Hall–Kier alpha value is -0.980. The van der Waals surface area contributed by atoms with Crippen molar-refractivity contribution in [3.63, 3.8) is 0 Å². The second-order valence-corrected chi connectivity index (χ2v) is 7.72. The van der Waals surface area contributed by atoms with Crippen molar-refractivity contribution in [1.82, 2.24) is 5.32 Å². The van der Waals surface area contributed by atoms with Gasteiger partial charge in [0.2, 0.25) is 0 Å². The first-order valence-corrected chi connectivity index (χ1v) is 8.23. The fourth-order valence-corrected chi connectivity index (χ4v) is 3.57. The van der Waals surface area contributed by atoms with Gasteiger partial charge in [0.05, 0.1) is 6.07 Å². The summed E-state index contributed by atoms with van der Waals surface area (Å²) in [6.45, 7) is 6.68. The summed E-state index contributed by atoms with van der Waals surface area (Å²) in [7, 11) is 1.91. The second kappa shape index (κ2) is 5.79. The van der Waals surface area contributed by atoms with E-state index in [4.69, 9.17) is 0 Å². The van der Waals surface area contributed by atoms with Crippen molar-refractivity contribution in [2.24, 2.45) is 5.92 Å². The van der Waals surface area contributed by atoms with Crippen LogP contribution in [-0.2, 0) is 5.41 Å². The summed E-state index contributed by atoms with van der Waals surface area (Å²) in [6, 6.07) is 11.3. The molecule has 0 aliphatic heterocycles. The maximum absolute atomic E-state index is 9.49. The van der Waals surface area contributed by atoms with E-state index >= 15 is 0 Å². The SMILES string of the molecule is CNC(C#N)(CSc1ccc(C(C)(C)C)cc1)C1CC1. The van der Waals surface area contributed by atoms with Gasteiger partial charge in [-0.15, -0.1) is 11.8 Å². The summed E-state index contributed by atoms with van der Waals surface area (Å²) >= 11 is 1.78. The standard InChI is InChI=1S/C17H24N2S/c1-16(2,3)13-7-9-15(10-8-13)20-12-17(11-18,19-4)14-5-6-14/h7-10,14,19H,5-6,12H2,1-4H3. The highest BCUT2D eigenvalue weighted by Crippen LogP contribution is 2.42. The Balaban J connectivity index is 2.02. The van der Waals surface area contributed by atoms with Crippen molar-refractivity contribution in [2.45, 2.75) is 49.5 Å². The van der Waals surface area contributed by atoms with Crippen molar-refractivity contribution in [2.75, 3.05) is 12.8 Å². The van der Waals surface area contributed by atoms with Crippen LogP contribution in [-0.4, -0.2) is 18.3 Å². The highest BCUT2D eigenvalue weighted by atomic mass is 32.2. The molecule has 1 fully saturated rings. The summed E-state index contributed by atoms with van der Waals surface area (Å²) in [5.74, 6) is 1.35. The molecule has 2 nitrogen and oxygen atoms in total. The number of hydrogen-bond donors (Lipinski definition) is 1. The van der Waals surface area contributed by atoms with Crippen LogP contribution in [0.25, 0.3) is 0 Å². The number of hydrogen-bond acceptors (Lipinski definition) is 3. The molecule has 1 saturated carbocycles. The first kappa shape index (κ1) is 15.4. The van der Waals surface area contributed by atoms with Crippen LogP contribution < -0.4 is 5.32 Å². The summed E-state index contributed by atoms with van der Waals surface area (Å²) in [5, 5.41) is 12.7. The molecule has 2 rings (SSSR count). The molecule has 1 N–H and O–H groups in total. The topological polar surface area (TPSA) is 35.8 Å². The monoisotopic (exact) mass is 288 g/mol. The van der Waals surface area contributed by atoms with E-state index in [2.05, 4.69) is 56.4 Å². The molecule has 3 heteroatoms. The molecular formula is C17H24N2S. The number of nitriles is 1. The first-order chi connectivity index (χ1) is 9.41. The van der Waals surface area contributed by atoms with E-state index < -0.39 is 0 Å². The lowest BCUT2D eigenvalue weighted by Gasteiger charge is -2.25. The van der Waals surface area contributed by atoms with Crippen molar-refractivity contribution >= 4 is 11.8 Å². The fraction of sp³-hybridized carbons (Fsp3) is 0.588. The smallest absolute Gasteiger partial charge is 0.118 e. The lowest BCUT2D eigenvalue weighted by atomic mass is 9.87. The lowest BCUT2D eigenvalue weighted by Crippen LogP contribution is -2.46. The molecule has 108 valence electrons. The van der Waals surface area contributed by atoms with Gasteiger partial charge in [0.25, 0.3) is 0 Å². The summed E-state index contributed by atoms with van der Waals surface area (Å²) in [5.41, 5.74) is 1.19. The van der Waals surface area contributed by atoms with Crippen molar-refractivity contribution in [1.29, 1.82) is 5.26 Å². The van der Waals surface area contributed by atoms with Crippen molar-refractivity contribution in [3.8, 4) is 6.07 Å². The van der Waals surface area contributed by atoms with Crippen molar-refractivity contribution in [3.05, 3.63) is 29.8 Å². The molecule has 20 heavy (non-hydrogen) atoms. The molecule has 0 heterocycles. The third-order valence-corrected chi connectivity index (χ3v) is 5.31. The fourth-order valence-electron chi connectivity index (χ4n) is 2.40. The van der Waals surface area contributed by atoms with Crippen LogP contribution in [0.3, 0.4) is 0 Å². The predicted molar refractivity (Wildman–Crippen MR) is 86.0 cm³/mol.